The summed E-state index contributed by atoms with van der Waals surface area (Å²) in [4.78, 5) is 2.55. The molecule has 0 aliphatic carbocycles. The zero-order chi connectivity index (χ0) is 21.5. The highest BCUT2D eigenvalue weighted by Crippen LogP contribution is 2.36. The average Bonchev–Trinajstić information content (AvgIpc) is 2.83. The van der Waals surface area contributed by atoms with Crippen molar-refractivity contribution >= 4 is 0 Å². The monoisotopic (exact) mass is 416 g/mol. The second-order valence-electron chi connectivity index (χ2n) is 7.75. The van der Waals surface area contributed by atoms with Crippen molar-refractivity contribution in [2.45, 2.75) is 19.9 Å². The first kappa shape index (κ1) is 21.4. The Morgan fingerprint density at radius 2 is 1.35 bits per heavy atom. The third-order valence-corrected chi connectivity index (χ3v) is 5.73. The minimum Gasteiger partial charge on any atom is -0.490 e. The number of hydrogen-bond acceptors (Lipinski definition) is 4. The Kier molecular flexibility index (Phi) is 7.23. The van der Waals surface area contributed by atoms with Gasteiger partial charge in [0.25, 0.3) is 0 Å². The number of rotatable bonds is 8. The molecule has 162 valence electrons. The third kappa shape index (κ3) is 5.09. The fraction of sp³-hybridized carbons (Fsp3) is 0.333. The first-order valence-electron chi connectivity index (χ1n) is 11.3. The van der Waals surface area contributed by atoms with Gasteiger partial charge in [-0.25, -0.2) is 0 Å². The normalized spacial score (nSPS) is 15.4. The number of ether oxygens (including phenoxy) is 2. The van der Waals surface area contributed by atoms with Gasteiger partial charge in [-0.2, -0.15) is 0 Å². The molecule has 3 aromatic carbocycles. The summed E-state index contributed by atoms with van der Waals surface area (Å²) in [7, 11) is 0. The lowest BCUT2D eigenvalue weighted by Gasteiger charge is -2.36. The van der Waals surface area contributed by atoms with Crippen LogP contribution in [0.5, 0.6) is 11.5 Å². The van der Waals surface area contributed by atoms with Crippen molar-refractivity contribution in [3.8, 4) is 22.6 Å². The van der Waals surface area contributed by atoms with Crippen LogP contribution in [0.2, 0.25) is 0 Å². The summed E-state index contributed by atoms with van der Waals surface area (Å²) in [6.07, 6.45) is 0. The molecule has 3 aromatic rings. The van der Waals surface area contributed by atoms with Crippen molar-refractivity contribution in [1.29, 1.82) is 0 Å². The SMILES string of the molecule is CCOc1ccc(C(c2ccc(-c3ccccc3)cc2)N2CCNCC2)cc1OCC. The van der Waals surface area contributed by atoms with Gasteiger partial charge in [0.1, 0.15) is 0 Å². The smallest absolute Gasteiger partial charge is 0.161 e. The standard InChI is InChI=1S/C27H32N2O2/c1-3-30-25-15-14-24(20-26(25)31-4-2)27(29-18-16-28-17-19-29)23-12-10-22(11-13-23)21-8-6-5-7-9-21/h5-15,20,27-28H,3-4,16-19H2,1-2H3. The minimum atomic E-state index is 0.182. The zero-order valence-electron chi connectivity index (χ0n) is 18.5. The molecular formula is C27H32N2O2. The maximum absolute atomic E-state index is 5.92. The topological polar surface area (TPSA) is 33.7 Å². The van der Waals surface area contributed by atoms with Crippen LogP contribution in [0.25, 0.3) is 11.1 Å². The van der Waals surface area contributed by atoms with E-state index >= 15 is 0 Å². The van der Waals surface area contributed by atoms with Gasteiger partial charge >= 0.3 is 0 Å². The van der Waals surface area contributed by atoms with Gasteiger partial charge in [-0.1, -0.05) is 60.7 Å². The summed E-state index contributed by atoms with van der Waals surface area (Å²) >= 11 is 0. The van der Waals surface area contributed by atoms with Gasteiger partial charge < -0.3 is 14.8 Å². The van der Waals surface area contributed by atoms with E-state index in [2.05, 4.69) is 83.0 Å². The zero-order valence-corrected chi connectivity index (χ0v) is 18.5. The molecule has 4 rings (SSSR count). The molecule has 0 radical (unpaired) electrons. The summed E-state index contributed by atoms with van der Waals surface area (Å²) in [5.74, 6) is 1.63. The van der Waals surface area contributed by atoms with Crippen molar-refractivity contribution in [2.75, 3.05) is 39.4 Å². The molecule has 1 unspecified atom stereocenters. The number of nitrogens with one attached hydrogen (secondary N) is 1. The summed E-state index contributed by atoms with van der Waals surface area (Å²) in [5, 5.41) is 3.47. The van der Waals surface area contributed by atoms with Gasteiger partial charge in [0, 0.05) is 26.2 Å². The van der Waals surface area contributed by atoms with Crippen LogP contribution in [0.4, 0.5) is 0 Å². The quantitative estimate of drug-likeness (QED) is 0.551. The molecule has 0 spiro atoms. The Morgan fingerprint density at radius 1 is 0.742 bits per heavy atom. The van der Waals surface area contributed by atoms with Gasteiger partial charge in [0.05, 0.1) is 19.3 Å². The fourth-order valence-electron chi connectivity index (χ4n) is 4.28. The largest absolute Gasteiger partial charge is 0.490 e. The Hall–Kier alpha value is -2.82. The summed E-state index contributed by atoms with van der Waals surface area (Å²) in [5.41, 5.74) is 5.02. The van der Waals surface area contributed by atoms with E-state index in [0.29, 0.717) is 13.2 Å². The second kappa shape index (κ2) is 10.5. The van der Waals surface area contributed by atoms with Gasteiger partial charge in [-0.05, 0) is 48.2 Å². The minimum absolute atomic E-state index is 0.182. The molecule has 0 bridgehead atoms. The molecule has 0 amide bonds. The molecular weight excluding hydrogens is 384 g/mol. The predicted molar refractivity (Wildman–Crippen MR) is 127 cm³/mol. The molecule has 1 heterocycles. The average molecular weight is 417 g/mol. The van der Waals surface area contributed by atoms with Gasteiger partial charge in [0.15, 0.2) is 11.5 Å². The molecule has 1 fully saturated rings. The first-order chi connectivity index (χ1) is 15.3. The van der Waals surface area contributed by atoms with Gasteiger partial charge in [-0.3, -0.25) is 4.90 Å². The van der Waals surface area contributed by atoms with Crippen molar-refractivity contribution in [3.05, 3.63) is 83.9 Å². The summed E-state index contributed by atoms with van der Waals surface area (Å²) in [6, 6.07) is 26.1. The number of piperazine rings is 1. The molecule has 4 nitrogen and oxygen atoms in total. The van der Waals surface area contributed by atoms with Crippen LogP contribution in [-0.2, 0) is 0 Å². The molecule has 1 saturated heterocycles. The lowest BCUT2D eigenvalue weighted by atomic mass is 9.94. The number of nitrogens with zero attached hydrogens (tertiary/aromatic N) is 1. The lowest BCUT2D eigenvalue weighted by Crippen LogP contribution is -2.45. The summed E-state index contributed by atoms with van der Waals surface area (Å²) < 4.78 is 11.7. The van der Waals surface area contributed by atoms with E-state index in [4.69, 9.17) is 9.47 Å². The van der Waals surface area contributed by atoms with Gasteiger partial charge in [0.2, 0.25) is 0 Å². The first-order valence-corrected chi connectivity index (χ1v) is 11.3. The van der Waals surface area contributed by atoms with Crippen LogP contribution in [0, 0.1) is 0 Å². The van der Waals surface area contributed by atoms with Crippen LogP contribution in [0.1, 0.15) is 31.0 Å². The van der Waals surface area contributed by atoms with E-state index in [1.54, 1.807) is 0 Å². The maximum Gasteiger partial charge on any atom is 0.161 e. The van der Waals surface area contributed by atoms with E-state index in [1.165, 1.54) is 22.3 Å². The molecule has 1 aliphatic heterocycles. The van der Waals surface area contributed by atoms with E-state index in [1.807, 2.05) is 13.8 Å². The van der Waals surface area contributed by atoms with Crippen molar-refractivity contribution in [1.82, 2.24) is 10.2 Å². The molecule has 1 atom stereocenters. The van der Waals surface area contributed by atoms with Gasteiger partial charge in [-0.15, -0.1) is 0 Å². The van der Waals surface area contributed by atoms with E-state index in [-0.39, 0.29) is 6.04 Å². The van der Waals surface area contributed by atoms with Crippen LogP contribution in [-0.4, -0.2) is 44.3 Å². The Labute approximate surface area is 185 Å². The number of hydrogen-bond donors (Lipinski definition) is 1. The van der Waals surface area contributed by atoms with E-state index in [0.717, 1.165) is 37.7 Å². The molecule has 31 heavy (non-hydrogen) atoms. The molecule has 0 aromatic heterocycles. The molecule has 1 N–H and O–H groups in total. The number of benzene rings is 3. The molecule has 4 heteroatoms. The highest BCUT2D eigenvalue weighted by Gasteiger charge is 2.25. The van der Waals surface area contributed by atoms with Crippen molar-refractivity contribution in [2.24, 2.45) is 0 Å². The Balaban J connectivity index is 1.70. The highest BCUT2D eigenvalue weighted by atomic mass is 16.5. The van der Waals surface area contributed by atoms with Crippen molar-refractivity contribution in [3.63, 3.8) is 0 Å². The van der Waals surface area contributed by atoms with E-state index < -0.39 is 0 Å². The summed E-state index contributed by atoms with van der Waals surface area (Å²) in [6.45, 7) is 9.31. The van der Waals surface area contributed by atoms with Crippen molar-refractivity contribution < 1.29 is 9.47 Å². The van der Waals surface area contributed by atoms with Crippen LogP contribution in [0.3, 0.4) is 0 Å². The lowest BCUT2D eigenvalue weighted by molar-refractivity contribution is 0.198. The molecule has 0 saturated carbocycles. The van der Waals surface area contributed by atoms with Crippen LogP contribution >= 0.6 is 0 Å². The Bertz CT molecular complexity index is 951. The fourth-order valence-corrected chi connectivity index (χ4v) is 4.28. The predicted octanol–water partition coefficient (Wildman–Crippen LogP) is 5.15. The highest BCUT2D eigenvalue weighted by molar-refractivity contribution is 5.63. The molecule has 1 aliphatic rings. The van der Waals surface area contributed by atoms with E-state index in [9.17, 15) is 0 Å². The third-order valence-electron chi connectivity index (χ3n) is 5.73. The van der Waals surface area contributed by atoms with Crippen LogP contribution < -0.4 is 14.8 Å². The van der Waals surface area contributed by atoms with Crippen LogP contribution in [0.15, 0.2) is 72.8 Å². The Morgan fingerprint density at radius 3 is 2.03 bits per heavy atom. The second-order valence-corrected chi connectivity index (χ2v) is 7.75. The maximum atomic E-state index is 5.92.